The summed E-state index contributed by atoms with van der Waals surface area (Å²) in [5, 5.41) is 0. The topological polar surface area (TPSA) is 52.6 Å². The van der Waals surface area contributed by atoms with E-state index in [2.05, 4.69) is 63.8 Å². The summed E-state index contributed by atoms with van der Waals surface area (Å²) in [6.45, 7) is 16.7. The SMILES string of the molecule is C=C1[C@H](C(=O)OC)[C@@]2(C)CC[C@H]3[C@@](C)(CCC4C(C)(C)CCC[C@@]43C)[C@@H]2C[C@H]1OC(=O)c1cccc(I)c1. The van der Waals surface area contributed by atoms with E-state index in [4.69, 9.17) is 9.47 Å². The van der Waals surface area contributed by atoms with Crippen molar-refractivity contribution in [3.05, 3.63) is 45.6 Å². The lowest BCUT2D eigenvalue weighted by molar-refractivity contribution is -0.213. The van der Waals surface area contributed by atoms with Crippen molar-refractivity contribution in [3.63, 3.8) is 0 Å². The van der Waals surface area contributed by atoms with E-state index in [0.717, 1.165) is 28.8 Å². The highest BCUT2D eigenvalue weighted by Crippen LogP contribution is 2.73. The molecule has 0 spiro atoms. The summed E-state index contributed by atoms with van der Waals surface area (Å²) in [5.74, 6) is 0.534. The van der Waals surface area contributed by atoms with Crippen molar-refractivity contribution in [1.82, 2.24) is 0 Å². The van der Waals surface area contributed by atoms with Crippen molar-refractivity contribution >= 4 is 34.5 Å². The minimum absolute atomic E-state index is 0.0748. The molecule has 1 aromatic carbocycles. The van der Waals surface area contributed by atoms with Crippen molar-refractivity contribution in [2.24, 2.45) is 45.3 Å². The van der Waals surface area contributed by atoms with Crippen molar-refractivity contribution < 1.29 is 19.1 Å². The van der Waals surface area contributed by atoms with E-state index >= 15 is 0 Å². The second-order valence-electron chi connectivity index (χ2n) is 14.3. The normalized spacial score (nSPS) is 41.8. The minimum Gasteiger partial charge on any atom is -0.469 e. The maximum atomic E-state index is 13.4. The van der Waals surface area contributed by atoms with Crippen LogP contribution in [0.1, 0.15) is 96.3 Å². The third kappa shape index (κ3) is 4.19. The summed E-state index contributed by atoms with van der Waals surface area (Å²) < 4.78 is 12.6. The molecule has 0 aromatic heterocycles. The molecule has 8 atom stereocenters. The lowest BCUT2D eigenvalue weighted by atomic mass is 9.34. The van der Waals surface area contributed by atoms with Gasteiger partial charge in [-0.05, 0) is 131 Å². The molecule has 4 aliphatic rings. The number of ether oxygens (including phenoxy) is 2. The van der Waals surface area contributed by atoms with E-state index in [1.54, 1.807) is 6.07 Å². The zero-order chi connectivity index (χ0) is 27.7. The van der Waals surface area contributed by atoms with Crippen molar-refractivity contribution in [2.45, 2.75) is 92.1 Å². The average Bonchev–Trinajstić information content (AvgIpc) is 2.84. The Bertz CT molecular complexity index is 1140. The first-order valence-electron chi connectivity index (χ1n) is 14.5. The Kier molecular flexibility index (Phi) is 7.13. The zero-order valence-electron chi connectivity index (χ0n) is 24.1. The van der Waals surface area contributed by atoms with Gasteiger partial charge in [-0.25, -0.2) is 4.79 Å². The molecule has 5 heteroatoms. The molecular weight excluding hydrogens is 587 g/mol. The van der Waals surface area contributed by atoms with Gasteiger partial charge in [-0.15, -0.1) is 0 Å². The number of hydrogen-bond donors (Lipinski definition) is 0. The number of carbonyl (C=O) groups excluding carboxylic acids is 2. The molecule has 5 rings (SSSR count). The second kappa shape index (κ2) is 9.62. The van der Waals surface area contributed by atoms with E-state index < -0.39 is 12.0 Å². The number of hydrogen-bond acceptors (Lipinski definition) is 4. The number of esters is 2. The number of halogens is 1. The standard InChI is InChI=1S/C33H45IO4/c1-20-23(38-28(35)21-10-8-11-22(34)18-21)19-26-32(5)16-12-24-30(2,3)14-9-15-31(24,4)25(32)13-17-33(26,6)27(20)29(36)37-7/h8,10-11,18,23-27H,1,9,12-17,19H2,2-7H3/t23-,24?,25-,26+,27-,31+,32-,33+/m1/s1. The summed E-state index contributed by atoms with van der Waals surface area (Å²) >= 11 is 2.21. The molecule has 1 aromatic rings. The Morgan fingerprint density at radius 3 is 2.26 bits per heavy atom. The summed E-state index contributed by atoms with van der Waals surface area (Å²) in [6.07, 6.45) is 8.67. The van der Waals surface area contributed by atoms with Crippen LogP contribution in [0.4, 0.5) is 0 Å². The Hall–Kier alpha value is -1.37. The van der Waals surface area contributed by atoms with Crippen molar-refractivity contribution in [2.75, 3.05) is 7.11 Å². The highest BCUT2D eigenvalue weighted by molar-refractivity contribution is 14.1. The van der Waals surface area contributed by atoms with Gasteiger partial charge >= 0.3 is 11.9 Å². The number of methoxy groups -OCH3 is 1. The maximum absolute atomic E-state index is 13.4. The highest BCUT2D eigenvalue weighted by atomic mass is 127. The predicted molar refractivity (Wildman–Crippen MR) is 159 cm³/mol. The van der Waals surface area contributed by atoms with Crippen LogP contribution in [-0.2, 0) is 14.3 Å². The van der Waals surface area contributed by atoms with Crippen LogP contribution in [0.5, 0.6) is 0 Å². The van der Waals surface area contributed by atoms with E-state index in [-0.39, 0.29) is 28.7 Å². The van der Waals surface area contributed by atoms with Gasteiger partial charge in [-0.2, -0.15) is 0 Å². The van der Waals surface area contributed by atoms with Crippen molar-refractivity contribution in [3.8, 4) is 0 Å². The smallest absolute Gasteiger partial charge is 0.338 e. The highest BCUT2D eigenvalue weighted by Gasteiger charge is 2.67. The quantitative estimate of drug-likeness (QED) is 0.191. The molecule has 38 heavy (non-hydrogen) atoms. The first-order chi connectivity index (χ1) is 17.8. The van der Waals surface area contributed by atoms with Crippen molar-refractivity contribution in [1.29, 1.82) is 0 Å². The maximum Gasteiger partial charge on any atom is 0.338 e. The van der Waals surface area contributed by atoms with Crippen LogP contribution >= 0.6 is 22.6 Å². The number of carbonyl (C=O) groups is 2. The molecule has 0 aliphatic heterocycles. The molecule has 0 radical (unpaired) electrons. The van der Waals surface area contributed by atoms with E-state index in [1.165, 1.54) is 39.2 Å². The van der Waals surface area contributed by atoms with Crippen LogP contribution in [0.2, 0.25) is 0 Å². The molecule has 0 heterocycles. The fourth-order valence-electron chi connectivity index (χ4n) is 10.5. The largest absolute Gasteiger partial charge is 0.469 e. The summed E-state index contributed by atoms with van der Waals surface area (Å²) in [5.41, 5.74) is 1.74. The Labute approximate surface area is 242 Å². The fraction of sp³-hybridized carbons (Fsp3) is 0.697. The molecule has 4 aliphatic carbocycles. The predicted octanol–water partition coefficient (Wildman–Crippen LogP) is 8.23. The molecule has 0 N–H and O–H groups in total. The van der Waals surface area contributed by atoms with Crippen LogP contribution in [-0.4, -0.2) is 25.2 Å². The molecular formula is C33H45IO4. The van der Waals surface area contributed by atoms with Gasteiger partial charge in [0.05, 0.1) is 18.6 Å². The van der Waals surface area contributed by atoms with Crippen LogP contribution in [0.15, 0.2) is 36.4 Å². The number of fused-ring (bicyclic) bond motifs is 5. The Morgan fingerprint density at radius 2 is 1.58 bits per heavy atom. The molecule has 0 amide bonds. The summed E-state index contributed by atoms with van der Waals surface area (Å²) in [4.78, 5) is 26.7. The van der Waals surface area contributed by atoms with Gasteiger partial charge in [0, 0.05) is 3.57 Å². The Balaban J connectivity index is 1.52. The lowest BCUT2D eigenvalue weighted by Crippen LogP contribution is -2.64. The number of benzene rings is 1. The van der Waals surface area contributed by atoms with Gasteiger partial charge in [0.15, 0.2) is 0 Å². The lowest BCUT2D eigenvalue weighted by Gasteiger charge is -2.70. The third-order valence-corrected chi connectivity index (χ3v) is 12.7. The first kappa shape index (κ1) is 28.2. The van der Waals surface area contributed by atoms with Gasteiger partial charge in [0.1, 0.15) is 6.10 Å². The molecule has 4 saturated carbocycles. The van der Waals surface area contributed by atoms with Crippen LogP contribution in [0.3, 0.4) is 0 Å². The van der Waals surface area contributed by atoms with E-state index in [0.29, 0.717) is 27.9 Å². The molecule has 4 fully saturated rings. The fourth-order valence-corrected chi connectivity index (χ4v) is 11.0. The van der Waals surface area contributed by atoms with E-state index in [9.17, 15) is 9.59 Å². The van der Waals surface area contributed by atoms with Gasteiger partial charge in [-0.1, -0.05) is 53.7 Å². The first-order valence-corrected chi connectivity index (χ1v) is 15.6. The summed E-state index contributed by atoms with van der Waals surface area (Å²) in [6, 6.07) is 7.48. The van der Waals surface area contributed by atoms with Gasteiger partial charge < -0.3 is 9.47 Å². The molecule has 208 valence electrons. The third-order valence-electron chi connectivity index (χ3n) is 12.0. The molecule has 1 unspecified atom stereocenters. The summed E-state index contributed by atoms with van der Waals surface area (Å²) in [7, 11) is 1.47. The van der Waals surface area contributed by atoms with Gasteiger partial charge in [-0.3, -0.25) is 4.79 Å². The Morgan fingerprint density at radius 1 is 0.921 bits per heavy atom. The molecule has 0 bridgehead atoms. The monoisotopic (exact) mass is 632 g/mol. The van der Waals surface area contributed by atoms with E-state index in [1.807, 2.05) is 18.2 Å². The minimum atomic E-state index is -0.494. The van der Waals surface area contributed by atoms with Crippen LogP contribution in [0, 0.1) is 48.9 Å². The molecule has 0 saturated heterocycles. The number of rotatable bonds is 3. The zero-order valence-corrected chi connectivity index (χ0v) is 26.2. The average molecular weight is 633 g/mol. The van der Waals surface area contributed by atoms with Crippen LogP contribution in [0.25, 0.3) is 0 Å². The molecule has 4 nitrogen and oxygen atoms in total. The second-order valence-corrected chi connectivity index (χ2v) is 15.5. The van der Waals surface area contributed by atoms with Gasteiger partial charge in [0.2, 0.25) is 0 Å². The van der Waals surface area contributed by atoms with Gasteiger partial charge in [0.25, 0.3) is 0 Å². The van der Waals surface area contributed by atoms with Crippen LogP contribution < -0.4 is 0 Å².